The molecular formula is C14H17NO3S. The van der Waals surface area contributed by atoms with Crippen LogP contribution < -0.4 is 5.73 Å². The van der Waals surface area contributed by atoms with E-state index in [-0.39, 0.29) is 5.75 Å². The molecule has 1 atom stereocenters. The molecule has 1 amide bonds. The molecule has 0 unspecified atom stereocenters. The van der Waals surface area contributed by atoms with Crippen LogP contribution in [0.15, 0.2) is 23.1 Å². The Bertz CT molecular complexity index is 501. The van der Waals surface area contributed by atoms with Gasteiger partial charge in [0.25, 0.3) is 5.91 Å². The number of thioether (sulfide) groups is 1. The number of aryl methyl sites for hydroxylation is 2. The van der Waals surface area contributed by atoms with Gasteiger partial charge in [0.05, 0.1) is 5.75 Å². The molecule has 1 aromatic rings. The maximum atomic E-state index is 11.5. The number of esters is 1. The molecule has 0 aliphatic heterocycles. The fourth-order valence-corrected chi connectivity index (χ4v) is 2.81. The molecule has 19 heavy (non-hydrogen) atoms. The SMILES string of the molecule is C[C@H](OC(=O)CSc1ccc2c(c1)CCC2)C(N)=O. The minimum atomic E-state index is -0.867. The minimum absolute atomic E-state index is 0.191. The normalized spacial score (nSPS) is 14.8. The lowest BCUT2D eigenvalue weighted by molar-refractivity contribution is -0.151. The number of carbonyl (C=O) groups excluding carboxylic acids is 2. The summed E-state index contributed by atoms with van der Waals surface area (Å²) in [4.78, 5) is 23.3. The van der Waals surface area contributed by atoms with Crippen molar-refractivity contribution in [3.8, 4) is 0 Å². The minimum Gasteiger partial charge on any atom is -0.452 e. The molecular weight excluding hydrogens is 262 g/mol. The molecule has 1 aliphatic carbocycles. The summed E-state index contributed by atoms with van der Waals surface area (Å²) >= 11 is 1.42. The van der Waals surface area contributed by atoms with Crippen molar-refractivity contribution in [3.63, 3.8) is 0 Å². The largest absolute Gasteiger partial charge is 0.452 e. The van der Waals surface area contributed by atoms with Crippen LogP contribution in [0, 0.1) is 0 Å². The number of carbonyl (C=O) groups is 2. The predicted molar refractivity (Wildman–Crippen MR) is 73.9 cm³/mol. The van der Waals surface area contributed by atoms with E-state index in [2.05, 4.69) is 12.1 Å². The number of ether oxygens (including phenoxy) is 1. The van der Waals surface area contributed by atoms with Crippen molar-refractivity contribution in [2.75, 3.05) is 5.75 Å². The number of fused-ring (bicyclic) bond motifs is 1. The highest BCUT2D eigenvalue weighted by Gasteiger charge is 2.15. The third-order valence-corrected chi connectivity index (χ3v) is 4.10. The number of nitrogens with two attached hydrogens (primary N) is 1. The van der Waals surface area contributed by atoms with Crippen molar-refractivity contribution in [2.45, 2.75) is 37.2 Å². The molecule has 0 bridgehead atoms. The van der Waals surface area contributed by atoms with Gasteiger partial charge in [0.1, 0.15) is 0 Å². The van der Waals surface area contributed by atoms with E-state index in [1.54, 1.807) is 0 Å². The Balaban J connectivity index is 1.85. The zero-order valence-electron chi connectivity index (χ0n) is 10.8. The molecule has 0 saturated heterocycles. The molecule has 1 aromatic carbocycles. The molecule has 0 fully saturated rings. The Morgan fingerprint density at radius 3 is 2.84 bits per heavy atom. The average molecular weight is 279 g/mol. The van der Waals surface area contributed by atoms with Crippen molar-refractivity contribution < 1.29 is 14.3 Å². The second-order valence-electron chi connectivity index (χ2n) is 4.61. The zero-order valence-corrected chi connectivity index (χ0v) is 11.7. The van der Waals surface area contributed by atoms with Crippen molar-refractivity contribution in [2.24, 2.45) is 5.73 Å². The fourth-order valence-electron chi connectivity index (χ4n) is 2.07. The van der Waals surface area contributed by atoms with Gasteiger partial charge in [-0.1, -0.05) is 6.07 Å². The molecule has 2 N–H and O–H groups in total. The first-order chi connectivity index (χ1) is 9.06. The molecule has 4 nitrogen and oxygen atoms in total. The maximum absolute atomic E-state index is 11.5. The van der Waals surface area contributed by atoms with Gasteiger partial charge in [-0.15, -0.1) is 11.8 Å². The molecule has 5 heteroatoms. The van der Waals surface area contributed by atoms with Crippen molar-refractivity contribution >= 4 is 23.6 Å². The summed E-state index contributed by atoms with van der Waals surface area (Å²) < 4.78 is 4.89. The number of benzene rings is 1. The van der Waals surface area contributed by atoms with E-state index in [0.29, 0.717) is 0 Å². The van der Waals surface area contributed by atoms with Crippen LogP contribution in [-0.4, -0.2) is 23.7 Å². The van der Waals surface area contributed by atoms with E-state index in [1.165, 1.54) is 36.2 Å². The van der Waals surface area contributed by atoms with Gasteiger partial charge < -0.3 is 10.5 Å². The summed E-state index contributed by atoms with van der Waals surface area (Å²) in [5, 5.41) is 0. The quantitative estimate of drug-likeness (QED) is 0.657. The lowest BCUT2D eigenvalue weighted by Gasteiger charge is -2.09. The second-order valence-corrected chi connectivity index (χ2v) is 5.66. The molecule has 1 aliphatic rings. The third-order valence-electron chi connectivity index (χ3n) is 3.14. The third kappa shape index (κ3) is 3.73. The van der Waals surface area contributed by atoms with Crippen LogP contribution in [-0.2, 0) is 27.2 Å². The van der Waals surface area contributed by atoms with Crippen LogP contribution in [0.1, 0.15) is 24.5 Å². The van der Waals surface area contributed by atoms with Crippen LogP contribution >= 0.6 is 11.8 Å². The topological polar surface area (TPSA) is 69.4 Å². The zero-order chi connectivity index (χ0) is 13.8. The van der Waals surface area contributed by atoms with Gasteiger partial charge in [-0.25, -0.2) is 0 Å². The summed E-state index contributed by atoms with van der Waals surface area (Å²) in [5.74, 6) is -0.858. The summed E-state index contributed by atoms with van der Waals surface area (Å²) in [5.41, 5.74) is 7.82. The standard InChI is InChI=1S/C14H17NO3S/c1-9(14(15)17)18-13(16)8-19-12-6-5-10-3-2-4-11(10)7-12/h5-7,9H,2-4,8H2,1H3,(H2,15,17)/t9-/m0/s1. The molecule has 102 valence electrons. The van der Waals surface area contributed by atoms with E-state index in [0.717, 1.165) is 17.7 Å². The molecule has 0 spiro atoms. The number of rotatable bonds is 5. The van der Waals surface area contributed by atoms with Gasteiger partial charge in [-0.05, 0) is 49.4 Å². The summed E-state index contributed by atoms with van der Waals surface area (Å²) in [6.45, 7) is 1.47. The van der Waals surface area contributed by atoms with E-state index in [1.807, 2.05) is 6.07 Å². The van der Waals surface area contributed by atoms with Crippen molar-refractivity contribution in [3.05, 3.63) is 29.3 Å². The summed E-state index contributed by atoms with van der Waals surface area (Å²) in [7, 11) is 0. The molecule has 0 saturated carbocycles. The van der Waals surface area contributed by atoms with Crippen molar-refractivity contribution in [1.29, 1.82) is 0 Å². The van der Waals surface area contributed by atoms with E-state index in [9.17, 15) is 9.59 Å². The second kappa shape index (κ2) is 6.10. The van der Waals surface area contributed by atoms with Gasteiger partial charge in [0.15, 0.2) is 6.10 Å². The summed E-state index contributed by atoms with van der Waals surface area (Å²) in [6.07, 6.45) is 2.61. The first-order valence-electron chi connectivity index (χ1n) is 6.29. The fraction of sp³-hybridized carbons (Fsp3) is 0.429. The lowest BCUT2D eigenvalue weighted by atomic mass is 10.1. The predicted octanol–water partition coefficient (Wildman–Crippen LogP) is 1.68. The first kappa shape index (κ1) is 13.9. The number of primary amides is 1. The highest BCUT2D eigenvalue weighted by Crippen LogP contribution is 2.27. The molecule has 0 radical (unpaired) electrons. The maximum Gasteiger partial charge on any atom is 0.317 e. The molecule has 2 rings (SSSR count). The van der Waals surface area contributed by atoms with Crippen LogP contribution in [0.4, 0.5) is 0 Å². The Labute approximate surface area is 116 Å². The average Bonchev–Trinajstić information content (AvgIpc) is 2.83. The Hall–Kier alpha value is -1.49. The first-order valence-corrected chi connectivity index (χ1v) is 7.28. The Kier molecular flexibility index (Phi) is 4.47. The smallest absolute Gasteiger partial charge is 0.317 e. The van der Waals surface area contributed by atoms with Gasteiger partial charge in [-0.3, -0.25) is 9.59 Å². The van der Waals surface area contributed by atoms with E-state index < -0.39 is 18.0 Å². The molecule has 0 aromatic heterocycles. The highest BCUT2D eigenvalue weighted by molar-refractivity contribution is 8.00. The number of amides is 1. The summed E-state index contributed by atoms with van der Waals surface area (Å²) in [6, 6.07) is 6.29. The highest BCUT2D eigenvalue weighted by atomic mass is 32.2. The number of hydrogen-bond donors (Lipinski definition) is 1. The van der Waals surface area contributed by atoms with Crippen LogP contribution in [0.25, 0.3) is 0 Å². The van der Waals surface area contributed by atoms with Gasteiger partial charge >= 0.3 is 5.97 Å². The van der Waals surface area contributed by atoms with E-state index in [4.69, 9.17) is 10.5 Å². The van der Waals surface area contributed by atoms with Gasteiger partial charge in [-0.2, -0.15) is 0 Å². The van der Waals surface area contributed by atoms with Crippen molar-refractivity contribution in [1.82, 2.24) is 0 Å². The van der Waals surface area contributed by atoms with Crippen LogP contribution in [0.3, 0.4) is 0 Å². The van der Waals surface area contributed by atoms with Gasteiger partial charge in [0, 0.05) is 4.90 Å². The monoisotopic (exact) mass is 279 g/mol. The Morgan fingerprint density at radius 1 is 1.37 bits per heavy atom. The van der Waals surface area contributed by atoms with Crippen LogP contribution in [0.2, 0.25) is 0 Å². The lowest BCUT2D eigenvalue weighted by Crippen LogP contribution is -2.30. The molecule has 0 heterocycles. The number of hydrogen-bond acceptors (Lipinski definition) is 4. The van der Waals surface area contributed by atoms with Gasteiger partial charge in [0.2, 0.25) is 0 Å². The van der Waals surface area contributed by atoms with Crippen LogP contribution in [0.5, 0.6) is 0 Å². The Morgan fingerprint density at radius 2 is 2.11 bits per heavy atom. The van der Waals surface area contributed by atoms with E-state index >= 15 is 0 Å².